The van der Waals surface area contributed by atoms with Crippen molar-refractivity contribution >= 4 is 82.1 Å². The zero-order valence-electron chi connectivity index (χ0n) is 36.0. The van der Waals surface area contributed by atoms with Crippen molar-refractivity contribution in [1.82, 2.24) is 0 Å². The highest BCUT2D eigenvalue weighted by atomic mass is 16.3. The molecule has 0 atom stereocenters. The molecular weight excluding hydrogens is 799 g/mol. The van der Waals surface area contributed by atoms with Crippen LogP contribution in [0.5, 0.6) is 0 Å². The Kier molecular flexibility index (Phi) is 8.89. The Morgan fingerprint density at radius 2 is 0.727 bits per heavy atom. The van der Waals surface area contributed by atoms with Crippen LogP contribution in [0, 0.1) is 0 Å². The van der Waals surface area contributed by atoms with E-state index >= 15 is 0 Å². The number of nitrogens with zero attached hydrogens (tertiary/aromatic N) is 1. The maximum absolute atomic E-state index is 6.27. The average molecular weight is 840 g/mol. The summed E-state index contributed by atoms with van der Waals surface area (Å²) in [7, 11) is 0. The molecule has 0 N–H and O–H groups in total. The molecule has 0 radical (unpaired) electrons. The summed E-state index contributed by atoms with van der Waals surface area (Å²) in [6, 6.07) is 90.3. The molecule has 0 amide bonds. The van der Waals surface area contributed by atoms with E-state index in [0.717, 1.165) is 55.7 Å². The molecule has 13 rings (SSSR count). The Hall–Kier alpha value is -8.72. The lowest BCUT2D eigenvalue weighted by Crippen LogP contribution is -2.10. The lowest BCUT2D eigenvalue weighted by molar-refractivity contribution is 0.669. The molecule has 1 heterocycles. The zero-order chi connectivity index (χ0) is 43.6. The van der Waals surface area contributed by atoms with Crippen LogP contribution in [0.1, 0.15) is 0 Å². The van der Waals surface area contributed by atoms with Crippen LogP contribution in [0.3, 0.4) is 0 Å². The monoisotopic (exact) mass is 839 g/mol. The molecule has 12 aromatic carbocycles. The molecule has 66 heavy (non-hydrogen) atoms. The summed E-state index contributed by atoms with van der Waals surface area (Å²) in [6.07, 6.45) is 0. The van der Waals surface area contributed by atoms with Gasteiger partial charge in [-0.25, -0.2) is 0 Å². The van der Waals surface area contributed by atoms with Gasteiger partial charge in [0, 0.05) is 27.8 Å². The fourth-order valence-electron chi connectivity index (χ4n) is 10.2. The van der Waals surface area contributed by atoms with Crippen molar-refractivity contribution < 1.29 is 4.42 Å². The van der Waals surface area contributed by atoms with Crippen LogP contribution < -0.4 is 4.90 Å². The van der Waals surface area contributed by atoms with Crippen molar-refractivity contribution in [3.8, 4) is 44.5 Å². The maximum atomic E-state index is 6.27. The number of fused-ring (bicyclic) bond motifs is 9. The first-order valence-corrected chi connectivity index (χ1v) is 22.6. The van der Waals surface area contributed by atoms with E-state index in [9.17, 15) is 0 Å². The van der Waals surface area contributed by atoms with Gasteiger partial charge in [0.2, 0.25) is 0 Å². The van der Waals surface area contributed by atoms with Gasteiger partial charge in [0.1, 0.15) is 11.2 Å². The molecule has 0 unspecified atom stereocenters. The predicted octanol–water partition coefficient (Wildman–Crippen LogP) is 18.3. The Balaban J connectivity index is 0.880. The van der Waals surface area contributed by atoms with Gasteiger partial charge in [-0.3, -0.25) is 0 Å². The van der Waals surface area contributed by atoms with Gasteiger partial charge in [-0.1, -0.05) is 194 Å². The van der Waals surface area contributed by atoms with E-state index in [1.807, 2.05) is 12.1 Å². The Labute approximate surface area is 382 Å². The molecular formula is C64H41NO. The minimum Gasteiger partial charge on any atom is -0.456 e. The Bertz CT molecular complexity index is 3970. The van der Waals surface area contributed by atoms with Crippen LogP contribution in [-0.2, 0) is 0 Å². The third kappa shape index (κ3) is 6.42. The van der Waals surface area contributed by atoms with E-state index in [0.29, 0.717) is 0 Å². The summed E-state index contributed by atoms with van der Waals surface area (Å²) in [4.78, 5) is 2.37. The van der Waals surface area contributed by atoms with Crippen LogP contribution in [0.2, 0.25) is 0 Å². The molecule has 0 aliphatic carbocycles. The van der Waals surface area contributed by atoms with E-state index in [1.54, 1.807) is 0 Å². The third-order valence-electron chi connectivity index (χ3n) is 13.5. The van der Waals surface area contributed by atoms with Gasteiger partial charge in [0.05, 0.1) is 0 Å². The summed E-state index contributed by atoms with van der Waals surface area (Å²) < 4.78 is 6.27. The number of benzene rings is 12. The first kappa shape index (κ1) is 37.8. The number of rotatable bonds is 7. The highest BCUT2D eigenvalue weighted by Crippen LogP contribution is 2.42. The zero-order valence-corrected chi connectivity index (χ0v) is 36.0. The van der Waals surface area contributed by atoms with Crippen LogP contribution in [-0.4, -0.2) is 0 Å². The van der Waals surface area contributed by atoms with Gasteiger partial charge in [-0.2, -0.15) is 0 Å². The van der Waals surface area contributed by atoms with Crippen molar-refractivity contribution in [3.63, 3.8) is 0 Å². The van der Waals surface area contributed by atoms with Crippen LogP contribution in [0.4, 0.5) is 17.1 Å². The standard InChI is InChI=1S/C64H41NO/c1-3-14-54-44(10-1)26-27-50-40-49(33-38-57(50)54)43-24-22-42(23-25-43)48-12-7-13-53(41-48)65(52-36-30-47(31-37-52)58-18-9-21-63-64(58)61-16-5-6-20-62(61)66-63)51-34-28-46(29-35-51)56-17-8-19-59-55-15-4-2-11-45(55)32-39-60(56)59/h1-41H. The van der Waals surface area contributed by atoms with E-state index in [4.69, 9.17) is 4.42 Å². The summed E-state index contributed by atoms with van der Waals surface area (Å²) in [5.74, 6) is 0. The van der Waals surface area contributed by atoms with Crippen molar-refractivity contribution in [2.24, 2.45) is 0 Å². The number of hydrogen-bond acceptors (Lipinski definition) is 2. The van der Waals surface area contributed by atoms with E-state index in [-0.39, 0.29) is 0 Å². The fourth-order valence-corrected chi connectivity index (χ4v) is 10.2. The first-order valence-electron chi connectivity index (χ1n) is 22.6. The highest BCUT2D eigenvalue weighted by molar-refractivity contribution is 6.14. The highest BCUT2D eigenvalue weighted by Gasteiger charge is 2.17. The van der Waals surface area contributed by atoms with Gasteiger partial charge in [-0.05, 0) is 142 Å². The van der Waals surface area contributed by atoms with Crippen molar-refractivity contribution in [1.29, 1.82) is 0 Å². The van der Waals surface area contributed by atoms with Crippen LogP contribution >= 0.6 is 0 Å². The quantitative estimate of drug-likeness (QED) is 0.149. The molecule has 308 valence electrons. The Morgan fingerprint density at radius 1 is 0.242 bits per heavy atom. The SMILES string of the molecule is c1cc(-c2ccc(-c3ccc4c(ccc5ccccc54)c3)cc2)cc(N(c2ccc(-c3cccc4c3ccc3ccccc34)cc2)c2ccc(-c3cccc4oc5ccccc5c34)cc2)c1. The number of para-hydroxylation sites is 1. The molecule has 0 spiro atoms. The summed E-state index contributed by atoms with van der Waals surface area (Å²) in [6.45, 7) is 0. The second kappa shape index (κ2) is 15.5. The maximum Gasteiger partial charge on any atom is 0.136 e. The van der Waals surface area contributed by atoms with E-state index < -0.39 is 0 Å². The van der Waals surface area contributed by atoms with Gasteiger partial charge >= 0.3 is 0 Å². The average Bonchev–Trinajstić information content (AvgIpc) is 3.78. The summed E-state index contributed by atoms with van der Waals surface area (Å²) >= 11 is 0. The van der Waals surface area contributed by atoms with Crippen molar-refractivity contribution in [2.75, 3.05) is 4.90 Å². The summed E-state index contributed by atoms with van der Waals surface area (Å²) in [5, 5.41) is 12.4. The van der Waals surface area contributed by atoms with Crippen molar-refractivity contribution in [2.45, 2.75) is 0 Å². The second-order valence-electron chi connectivity index (χ2n) is 17.2. The lowest BCUT2D eigenvalue weighted by Gasteiger charge is -2.26. The topological polar surface area (TPSA) is 16.4 Å². The Morgan fingerprint density at radius 3 is 1.47 bits per heavy atom. The number of anilines is 3. The molecule has 2 nitrogen and oxygen atoms in total. The minimum atomic E-state index is 0.898. The minimum absolute atomic E-state index is 0.898. The molecule has 1 aromatic heterocycles. The third-order valence-corrected chi connectivity index (χ3v) is 13.5. The fraction of sp³-hybridized carbons (Fsp3) is 0. The molecule has 2 heteroatoms. The molecule has 0 bridgehead atoms. The molecule has 0 aliphatic rings. The van der Waals surface area contributed by atoms with E-state index in [1.165, 1.54) is 70.9 Å². The summed E-state index contributed by atoms with van der Waals surface area (Å²) in [5.41, 5.74) is 14.5. The van der Waals surface area contributed by atoms with Gasteiger partial charge in [-0.15, -0.1) is 0 Å². The second-order valence-corrected chi connectivity index (χ2v) is 17.2. The van der Waals surface area contributed by atoms with Gasteiger partial charge in [0.25, 0.3) is 0 Å². The first-order chi connectivity index (χ1) is 32.7. The van der Waals surface area contributed by atoms with Crippen LogP contribution in [0.15, 0.2) is 253 Å². The number of hydrogen-bond donors (Lipinski definition) is 0. The predicted molar refractivity (Wildman–Crippen MR) is 280 cm³/mol. The van der Waals surface area contributed by atoms with Crippen molar-refractivity contribution in [3.05, 3.63) is 249 Å². The normalized spacial score (nSPS) is 11.6. The smallest absolute Gasteiger partial charge is 0.136 e. The number of furan rings is 1. The van der Waals surface area contributed by atoms with E-state index in [2.05, 4.69) is 241 Å². The molecule has 13 aromatic rings. The molecule has 0 aliphatic heterocycles. The largest absolute Gasteiger partial charge is 0.456 e. The van der Waals surface area contributed by atoms with Gasteiger partial charge < -0.3 is 9.32 Å². The van der Waals surface area contributed by atoms with Crippen LogP contribution in [0.25, 0.3) is 110 Å². The lowest BCUT2D eigenvalue weighted by atomic mass is 9.94. The molecule has 0 saturated carbocycles. The molecule has 0 saturated heterocycles. The molecule has 0 fully saturated rings. The van der Waals surface area contributed by atoms with Gasteiger partial charge in [0.15, 0.2) is 0 Å².